The van der Waals surface area contributed by atoms with Crippen LogP contribution < -0.4 is 14.8 Å². The van der Waals surface area contributed by atoms with Gasteiger partial charge >= 0.3 is 12.7 Å². The summed E-state index contributed by atoms with van der Waals surface area (Å²) in [6.45, 7) is 4.88. The highest BCUT2D eigenvalue weighted by atomic mass is 32.1. The number of alkyl carbamates (subject to hydrolysis) is 1. The first kappa shape index (κ1) is 24.5. The van der Waals surface area contributed by atoms with Gasteiger partial charge < -0.3 is 19.5 Å². The number of carbonyl (C=O) groups excluding carboxylic acids is 1. The molecule has 2 aromatic heterocycles. The van der Waals surface area contributed by atoms with Crippen LogP contribution in [0.3, 0.4) is 0 Å². The fourth-order valence-electron chi connectivity index (χ4n) is 3.31. The Hall–Kier alpha value is -3.60. The first-order valence-electron chi connectivity index (χ1n) is 10.8. The molecule has 4 rings (SSSR count). The summed E-state index contributed by atoms with van der Waals surface area (Å²) in [5.74, 6) is 0.401. The van der Waals surface area contributed by atoms with Crippen molar-refractivity contribution in [1.29, 1.82) is 0 Å². The largest absolute Gasteiger partial charge is 0.492 e. The van der Waals surface area contributed by atoms with Gasteiger partial charge in [0.1, 0.15) is 23.0 Å². The second kappa shape index (κ2) is 9.95. The quantitative estimate of drug-likeness (QED) is 0.323. The Labute approximate surface area is 204 Å². The van der Waals surface area contributed by atoms with Crippen LogP contribution in [0.15, 0.2) is 36.5 Å². The van der Waals surface area contributed by atoms with Crippen molar-refractivity contribution in [3.05, 3.63) is 42.1 Å². The highest BCUT2D eigenvalue weighted by Crippen LogP contribution is 2.36. The molecule has 4 aromatic rings. The lowest BCUT2D eigenvalue weighted by Crippen LogP contribution is -2.34. The Morgan fingerprint density at radius 3 is 2.69 bits per heavy atom. The monoisotopic (exact) mass is 502 g/mol. The fraction of sp³-hybridized carbons (Fsp3) is 0.333. The van der Waals surface area contributed by atoms with E-state index in [0.29, 0.717) is 28.3 Å². The maximum Gasteiger partial charge on any atom is 0.407 e. The molecule has 0 aliphatic carbocycles. The average Bonchev–Trinajstić information content (AvgIpc) is 3.17. The summed E-state index contributed by atoms with van der Waals surface area (Å²) in [4.78, 5) is 24.9. The van der Waals surface area contributed by atoms with E-state index in [1.165, 1.54) is 17.5 Å². The molecule has 0 aliphatic rings. The number of nitrogens with one attached hydrogen (secondary N) is 1. The summed E-state index contributed by atoms with van der Waals surface area (Å²) >= 11 is 1.45. The van der Waals surface area contributed by atoms with Gasteiger partial charge in [-0.2, -0.15) is 8.78 Å². The van der Waals surface area contributed by atoms with Crippen LogP contribution in [0.25, 0.3) is 31.8 Å². The van der Waals surface area contributed by atoms with Crippen molar-refractivity contribution in [3.63, 3.8) is 0 Å². The highest BCUT2D eigenvalue weighted by molar-refractivity contribution is 7.21. The molecule has 8 nitrogen and oxygen atoms in total. The molecule has 0 saturated heterocycles. The zero-order valence-electron chi connectivity index (χ0n) is 19.6. The molecule has 1 N–H and O–H groups in total. The molecule has 0 atom stereocenters. The molecule has 1 amide bonds. The van der Waals surface area contributed by atoms with Crippen molar-refractivity contribution in [2.45, 2.75) is 39.9 Å². The topological polar surface area (TPSA) is 95.5 Å². The first-order valence-corrected chi connectivity index (χ1v) is 11.6. The molecule has 0 radical (unpaired) electrons. The Morgan fingerprint density at radius 1 is 1.14 bits per heavy atom. The Morgan fingerprint density at radius 2 is 1.94 bits per heavy atom. The van der Waals surface area contributed by atoms with Crippen LogP contribution in [0.1, 0.15) is 26.3 Å². The molecule has 35 heavy (non-hydrogen) atoms. The molecule has 11 heteroatoms. The number of thiazole rings is 1. The third-order valence-corrected chi connectivity index (χ3v) is 5.66. The molecule has 0 unspecified atom stereocenters. The fourth-order valence-corrected chi connectivity index (χ4v) is 4.32. The third-order valence-electron chi connectivity index (χ3n) is 4.61. The minimum Gasteiger partial charge on any atom is -0.492 e. The van der Waals surface area contributed by atoms with E-state index >= 15 is 0 Å². The van der Waals surface area contributed by atoms with E-state index in [2.05, 4.69) is 20.0 Å². The molecule has 184 valence electrons. The van der Waals surface area contributed by atoms with Gasteiger partial charge in [0.15, 0.2) is 0 Å². The minimum absolute atomic E-state index is 0.240. The number of amides is 1. The molecule has 0 spiro atoms. The standard InChI is InChI=1S/C24H24F2N4O4S/c1-13-9-15(20-17(10-13)29-19(12-28-20)33-22(25)26)21-30-16-6-5-14(11-18(16)35-21)32-8-7-27-23(31)34-24(2,3)4/h5-6,9-12,22H,7-8H2,1-4H3,(H,27,31). The summed E-state index contributed by atoms with van der Waals surface area (Å²) in [7, 11) is 0. The van der Waals surface area contributed by atoms with E-state index in [-0.39, 0.29) is 12.5 Å². The number of ether oxygens (including phenoxy) is 3. The lowest BCUT2D eigenvalue weighted by atomic mass is 10.1. The second-order valence-corrected chi connectivity index (χ2v) is 9.72. The highest BCUT2D eigenvalue weighted by Gasteiger charge is 2.16. The van der Waals surface area contributed by atoms with Gasteiger partial charge in [-0.05, 0) is 63.6 Å². The number of halogens is 2. The summed E-state index contributed by atoms with van der Waals surface area (Å²) in [6.07, 6.45) is 0.683. The van der Waals surface area contributed by atoms with Gasteiger partial charge in [0.25, 0.3) is 0 Å². The van der Waals surface area contributed by atoms with Crippen molar-refractivity contribution in [2.24, 2.45) is 0 Å². The van der Waals surface area contributed by atoms with Crippen LogP contribution in [0, 0.1) is 6.92 Å². The van der Waals surface area contributed by atoms with Gasteiger partial charge in [0.05, 0.1) is 34.0 Å². The minimum atomic E-state index is -2.97. The number of hydrogen-bond acceptors (Lipinski definition) is 8. The van der Waals surface area contributed by atoms with Gasteiger partial charge in [-0.15, -0.1) is 11.3 Å². The maximum atomic E-state index is 12.6. The average molecular weight is 503 g/mol. The van der Waals surface area contributed by atoms with Gasteiger partial charge in [-0.3, -0.25) is 0 Å². The van der Waals surface area contributed by atoms with E-state index in [9.17, 15) is 13.6 Å². The van der Waals surface area contributed by atoms with Gasteiger partial charge in [0.2, 0.25) is 5.88 Å². The SMILES string of the molecule is Cc1cc(-c2nc3ccc(OCCNC(=O)OC(C)(C)C)cc3s2)c2ncc(OC(F)F)nc2c1. The summed E-state index contributed by atoms with van der Waals surface area (Å²) < 4.78 is 41.3. The summed E-state index contributed by atoms with van der Waals surface area (Å²) in [5, 5.41) is 3.37. The van der Waals surface area contributed by atoms with E-state index in [0.717, 1.165) is 21.3 Å². The third kappa shape index (κ3) is 6.30. The number of nitrogens with zero attached hydrogens (tertiary/aromatic N) is 3. The number of carbonyl (C=O) groups is 1. The molecular weight excluding hydrogens is 478 g/mol. The molecule has 2 heterocycles. The van der Waals surface area contributed by atoms with Crippen molar-refractivity contribution in [3.8, 4) is 22.2 Å². The van der Waals surface area contributed by atoms with Crippen molar-refractivity contribution < 1.29 is 27.8 Å². The van der Waals surface area contributed by atoms with Crippen LogP contribution in [0.2, 0.25) is 0 Å². The second-order valence-electron chi connectivity index (χ2n) is 8.69. The van der Waals surface area contributed by atoms with Crippen LogP contribution in [0.5, 0.6) is 11.6 Å². The molecule has 0 fully saturated rings. The molecule has 0 aliphatic heterocycles. The predicted molar refractivity (Wildman–Crippen MR) is 129 cm³/mol. The zero-order valence-corrected chi connectivity index (χ0v) is 20.4. The normalized spacial score (nSPS) is 11.7. The van der Waals surface area contributed by atoms with E-state index in [4.69, 9.17) is 14.5 Å². The first-order chi connectivity index (χ1) is 16.6. The van der Waals surface area contributed by atoms with Crippen LogP contribution in [-0.4, -0.2) is 46.4 Å². The number of benzene rings is 2. The zero-order chi connectivity index (χ0) is 25.2. The Balaban J connectivity index is 1.51. The van der Waals surface area contributed by atoms with E-state index in [1.54, 1.807) is 32.9 Å². The van der Waals surface area contributed by atoms with Crippen molar-refractivity contribution >= 4 is 38.7 Å². The number of aryl methyl sites for hydroxylation is 1. The van der Waals surface area contributed by atoms with Crippen molar-refractivity contribution in [1.82, 2.24) is 20.3 Å². The summed E-state index contributed by atoms with van der Waals surface area (Å²) in [5.41, 5.74) is 2.85. The number of rotatable bonds is 7. The molecule has 2 aromatic carbocycles. The van der Waals surface area contributed by atoms with Crippen LogP contribution in [-0.2, 0) is 4.74 Å². The molecule has 0 bridgehead atoms. The van der Waals surface area contributed by atoms with Crippen LogP contribution in [0.4, 0.5) is 13.6 Å². The number of fused-ring (bicyclic) bond motifs is 2. The number of hydrogen-bond donors (Lipinski definition) is 1. The van der Waals surface area contributed by atoms with Crippen molar-refractivity contribution in [2.75, 3.05) is 13.2 Å². The van der Waals surface area contributed by atoms with Gasteiger partial charge in [-0.1, -0.05) is 0 Å². The Kier molecular flexibility index (Phi) is 6.97. The van der Waals surface area contributed by atoms with Crippen LogP contribution >= 0.6 is 11.3 Å². The van der Waals surface area contributed by atoms with E-state index < -0.39 is 18.3 Å². The van der Waals surface area contributed by atoms with E-state index in [1.807, 2.05) is 25.1 Å². The lowest BCUT2D eigenvalue weighted by molar-refractivity contribution is -0.0528. The maximum absolute atomic E-state index is 12.6. The molecular formula is C24H24F2N4O4S. The Bertz CT molecular complexity index is 1370. The summed E-state index contributed by atoms with van der Waals surface area (Å²) in [6, 6.07) is 9.23. The molecule has 0 saturated carbocycles. The smallest absolute Gasteiger partial charge is 0.407 e. The number of alkyl halides is 2. The lowest BCUT2D eigenvalue weighted by Gasteiger charge is -2.19. The predicted octanol–water partition coefficient (Wildman–Crippen LogP) is 5.72. The van der Waals surface area contributed by atoms with Gasteiger partial charge in [0, 0.05) is 5.56 Å². The van der Waals surface area contributed by atoms with Gasteiger partial charge in [-0.25, -0.2) is 19.7 Å². The number of aromatic nitrogens is 3.